The Morgan fingerprint density at radius 1 is 1.20 bits per heavy atom. The minimum atomic E-state index is -1.12. The zero-order valence-corrected chi connectivity index (χ0v) is 7.33. The Morgan fingerprint density at radius 2 is 1.40 bits per heavy atom. The van der Waals surface area contributed by atoms with Crippen LogP contribution < -0.4 is 0 Å². The summed E-state index contributed by atoms with van der Waals surface area (Å²) in [6.45, 7) is 4.96. The Balaban J connectivity index is 0. The largest absolute Gasteiger partial charge is 0.368 e. The zero-order chi connectivity index (χ0) is 8.57. The summed E-state index contributed by atoms with van der Waals surface area (Å²) < 4.78 is 0. The molecule has 0 aromatic carbocycles. The first kappa shape index (κ1) is 12.5. The van der Waals surface area contributed by atoms with E-state index in [1.807, 2.05) is 0 Å². The van der Waals surface area contributed by atoms with E-state index in [-0.39, 0.29) is 0 Å². The molecule has 0 aromatic rings. The van der Waals surface area contributed by atoms with Gasteiger partial charge in [0.15, 0.2) is 6.29 Å². The molecule has 0 aliphatic heterocycles. The molecule has 64 valence electrons. The standard InChI is InChI=1S/C4H11N.C3H8O2/c1-4-5(2)3;1-2-3(4)5/h4H2,1-3H3;3-5H,2H2,1H3. The lowest BCUT2D eigenvalue weighted by atomic mass is 10.5. The third kappa shape index (κ3) is 24.8. The molecular weight excluding hydrogens is 130 g/mol. The van der Waals surface area contributed by atoms with Crippen molar-refractivity contribution in [3.8, 4) is 0 Å². The van der Waals surface area contributed by atoms with E-state index in [1.165, 1.54) is 0 Å². The maximum atomic E-state index is 7.92. The van der Waals surface area contributed by atoms with Crippen molar-refractivity contribution in [3.05, 3.63) is 0 Å². The van der Waals surface area contributed by atoms with Crippen LogP contribution in [0, 0.1) is 0 Å². The molecular formula is C7H19NO2. The van der Waals surface area contributed by atoms with Crippen LogP contribution in [0.25, 0.3) is 0 Å². The summed E-state index contributed by atoms with van der Waals surface area (Å²) >= 11 is 0. The lowest BCUT2D eigenvalue weighted by Crippen LogP contribution is -2.08. The second-order valence-corrected chi connectivity index (χ2v) is 2.28. The summed E-state index contributed by atoms with van der Waals surface area (Å²) in [4.78, 5) is 2.12. The van der Waals surface area contributed by atoms with Gasteiger partial charge >= 0.3 is 0 Å². The third-order valence-electron chi connectivity index (χ3n) is 0.998. The average Bonchev–Trinajstić information content (AvgIpc) is 1.89. The van der Waals surface area contributed by atoms with Gasteiger partial charge in [-0.05, 0) is 27.1 Å². The van der Waals surface area contributed by atoms with E-state index < -0.39 is 6.29 Å². The fourth-order valence-electron chi connectivity index (χ4n) is 0. The molecule has 0 amide bonds. The SMILES string of the molecule is CCC(O)O.CCN(C)C. The van der Waals surface area contributed by atoms with Crippen LogP contribution in [0.4, 0.5) is 0 Å². The number of hydrogen-bond acceptors (Lipinski definition) is 3. The maximum absolute atomic E-state index is 7.92. The van der Waals surface area contributed by atoms with Crippen LogP contribution in [0.15, 0.2) is 0 Å². The lowest BCUT2D eigenvalue weighted by Gasteiger charge is -2.00. The Bertz CT molecular complexity index is 47.6. The monoisotopic (exact) mass is 149 g/mol. The van der Waals surface area contributed by atoms with Crippen LogP contribution in [0.2, 0.25) is 0 Å². The van der Waals surface area contributed by atoms with Crippen LogP contribution in [0.3, 0.4) is 0 Å². The van der Waals surface area contributed by atoms with Crippen LogP contribution >= 0.6 is 0 Å². The minimum Gasteiger partial charge on any atom is -0.368 e. The van der Waals surface area contributed by atoms with Gasteiger partial charge in [-0.15, -0.1) is 0 Å². The lowest BCUT2D eigenvalue weighted by molar-refractivity contribution is -0.0413. The van der Waals surface area contributed by atoms with Crippen molar-refractivity contribution in [2.75, 3.05) is 20.6 Å². The first-order chi connectivity index (χ1) is 4.54. The number of rotatable bonds is 2. The van der Waals surface area contributed by atoms with Gasteiger partial charge in [0.1, 0.15) is 0 Å². The highest BCUT2D eigenvalue weighted by Crippen LogP contribution is 1.77. The molecule has 3 heteroatoms. The Hall–Kier alpha value is -0.120. The van der Waals surface area contributed by atoms with Crippen LogP contribution in [0.5, 0.6) is 0 Å². The number of nitrogens with zero attached hydrogens (tertiary/aromatic N) is 1. The number of hydrogen-bond donors (Lipinski definition) is 2. The van der Waals surface area contributed by atoms with Crippen molar-refractivity contribution in [2.45, 2.75) is 26.6 Å². The maximum Gasteiger partial charge on any atom is 0.151 e. The second-order valence-electron chi connectivity index (χ2n) is 2.28. The van der Waals surface area contributed by atoms with Gasteiger partial charge < -0.3 is 15.1 Å². The molecule has 0 aliphatic rings. The Kier molecular flexibility index (Phi) is 11.1. The van der Waals surface area contributed by atoms with Crippen molar-refractivity contribution in [2.24, 2.45) is 0 Å². The molecule has 0 unspecified atom stereocenters. The fourth-order valence-corrected chi connectivity index (χ4v) is 0. The van der Waals surface area contributed by atoms with E-state index in [1.54, 1.807) is 6.92 Å². The highest BCUT2D eigenvalue weighted by atomic mass is 16.5. The molecule has 0 saturated heterocycles. The first-order valence-corrected chi connectivity index (χ1v) is 3.55. The van der Waals surface area contributed by atoms with Gasteiger partial charge in [-0.25, -0.2) is 0 Å². The van der Waals surface area contributed by atoms with E-state index in [4.69, 9.17) is 10.2 Å². The minimum absolute atomic E-state index is 0.417. The zero-order valence-electron chi connectivity index (χ0n) is 7.33. The summed E-state index contributed by atoms with van der Waals surface area (Å²) in [7, 11) is 4.11. The van der Waals surface area contributed by atoms with E-state index in [9.17, 15) is 0 Å². The smallest absolute Gasteiger partial charge is 0.151 e. The molecule has 0 heterocycles. The Labute approximate surface area is 63.3 Å². The average molecular weight is 149 g/mol. The molecule has 3 nitrogen and oxygen atoms in total. The van der Waals surface area contributed by atoms with Crippen molar-refractivity contribution in [3.63, 3.8) is 0 Å². The normalized spacial score (nSPS) is 9.60. The second kappa shape index (κ2) is 8.88. The highest BCUT2D eigenvalue weighted by molar-refractivity contribution is 4.25. The van der Waals surface area contributed by atoms with E-state index in [2.05, 4.69) is 25.9 Å². The van der Waals surface area contributed by atoms with Gasteiger partial charge in [0.05, 0.1) is 0 Å². The van der Waals surface area contributed by atoms with E-state index in [0.29, 0.717) is 6.42 Å². The molecule has 0 rings (SSSR count). The van der Waals surface area contributed by atoms with Crippen molar-refractivity contribution in [1.82, 2.24) is 4.90 Å². The van der Waals surface area contributed by atoms with Gasteiger partial charge in [-0.3, -0.25) is 0 Å². The van der Waals surface area contributed by atoms with Gasteiger partial charge in [-0.2, -0.15) is 0 Å². The molecule has 2 N–H and O–H groups in total. The summed E-state index contributed by atoms with van der Waals surface area (Å²) in [6.07, 6.45) is -0.699. The molecule has 0 aromatic heterocycles. The van der Waals surface area contributed by atoms with Crippen LogP contribution in [-0.2, 0) is 0 Å². The summed E-state index contributed by atoms with van der Waals surface area (Å²) in [5, 5.41) is 15.8. The van der Waals surface area contributed by atoms with E-state index in [0.717, 1.165) is 6.54 Å². The van der Waals surface area contributed by atoms with Crippen molar-refractivity contribution >= 4 is 0 Å². The van der Waals surface area contributed by atoms with Gasteiger partial charge in [0.2, 0.25) is 0 Å². The molecule has 0 fully saturated rings. The fraction of sp³-hybridized carbons (Fsp3) is 1.00. The van der Waals surface area contributed by atoms with Gasteiger partial charge in [-0.1, -0.05) is 13.8 Å². The number of aliphatic hydroxyl groups excluding tert-OH is 1. The summed E-state index contributed by atoms with van der Waals surface area (Å²) in [5.74, 6) is 0. The third-order valence-corrected chi connectivity index (χ3v) is 0.998. The molecule has 0 bridgehead atoms. The van der Waals surface area contributed by atoms with E-state index >= 15 is 0 Å². The van der Waals surface area contributed by atoms with Crippen LogP contribution in [-0.4, -0.2) is 42.0 Å². The quantitative estimate of drug-likeness (QED) is 0.554. The summed E-state index contributed by atoms with van der Waals surface area (Å²) in [5.41, 5.74) is 0. The predicted molar refractivity (Wildman–Crippen MR) is 42.7 cm³/mol. The number of aliphatic hydroxyl groups is 2. The summed E-state index contributed by atoms with van der Waals surface area (Å²) in [6, 6.07) is 0. The molecule has 0 radical (unpaired) electrons. The molecule has 10 heavy (non-hydrogen) atoms. The van der Waals surface area contributed by atoms with Crippen molar-refractivity contribution in [1.29, 1.82) is 0 Å². The highest BCUT2D eigenvalue weighted by Gasteiger charge is 1.83. The van der Waals surface area contributed by atoms with Gasteiger partial charge in [0.25, 0.3) is 0 Å². The Morgan fingerprint density at radius 3 is 1.40 bits per heavy atom. The predicted octanol–water partition coefficient (Wildman–Crippen LogP) is 0.275. The van der Waals surface area contributed by atoms with Crippen molar-refractivity contribution < 1.29 is 10.2 Å². The molecule has 0 saturated carbocycles. The topological polar surface area (TPSA) is 43.7 Å². The van der Waals surface area contributed by atoms with Crippen LogP contribution in [0.1, 0.15) is 20.3 Å². The van der Waals surface area contributed by atoms with Gasteiger partial charge in [0, 0.05) is 0 Å². The first-order valence-electron chi connectivity index (χ1n) is 3.55. The molecule has 0 spiro atoms. The molecule has 0 aliphatic carbocycles. The molecule has 0 atom stereocenters.